The van der Waals surface area contributed by atoms with Crippen LogP contribution in [0.1, 0.15) is 122 Å². The average Bonchev–Trinajstić information content (AvgIpc) is 2.76. The van der Waals surface area contributed by atoms with Crippen molar-refractivity contribution in [2.24, 2.45) is 5.90 Å². The number of carbonyl (C=O) groups is 2. The minimum absolute atomic E-state index is 0.0972. The number of hydrogen-bond acceptors (Lipinski definition) is 6. The molecular formula is C24H49N3O5S. The van der Waals surface area contributed by atoms with Crippen LogP contribution >= 0.6 is 0 Å². The number of sulfonamides is 1. The van der Waals surface area contributed by atoms with Crippen molar-refractivity contribution in [3.63, 3.8) is 0 Å². The van der Waals surface area contributed by atoms with Gasteiger partial charge in [0.05, 0.1) is 12.4 Å². The molecule has 4 N–H and O–H groups in total. The maximum absolute atomic E-state index is 12.0. The van der Waals surface area contributed by atoms with Crippen LogP contribution in [0.2, 0.25) is 0 Å². The third-order valence-electron chi connectivity index (χ3n) is 5.64. The van der Waals surface area contributed by atoms with Crippen molar-refractivity contribution in [2.45, 2.75) is 122 Å². The molecule has 9 heteroatoms. The van der Waals surface area contributed by atoms with E-state index >= 15 is 0 Å². The van der Waals surface area contributed by atoms with Crippen LogP contribution in [-0.2, 0) is 24.4 Å². The molecule has 0 bridgehead atoms. The highest BCUT2D eigenvalue weighted by Crippen LogP contribution is 2.13. The third-order valence-corrected chi connectivity index (χ3v) is 7.00. The molecular weight excluding hydrogens is 442 g/mol. The van der Waals surface area contributed by atoms with Crippen LogP contribution in [0.4, 0.5) is 0 Å². The maximum atomic E-state index is 12.0. The van der Waals surface area contributed by atoms with Crippen molar-refractivity contribution in [3.05, 3.63) is 0 Å². The van der Waals surface area contributed by atoms with E-state index in [0.717, 1.165) is 19.3 Å². The van der Waals surface area contributed by atoms with E-state index in [1.165, 1.54) is 64.2 Å². The van der Waals surface area contributed by atoms with Gasteiger partial charge in [-0.15, -0.1) is 0 Å². The highest BCUT2D eigenvalue weighted by molar-refractivity contribution is 7.90. The van der Waals surface area contributed by atoms with E-state index in [2.05, 4.69) is 21.8 Å². The highest BCUT2D eigenvalue weighted by atomic mass is 32.2. The topological polar surface area (TPSA) is 128 Å². The summed E-state index contributed by atoms with van der Waals surface area (Å²) in [6.07, 6.45) is 18.2. The predicted molar refractivity (Wildman–Crippen MR) is 134 cm³/mol. The van der Waals surface area contributed by atoms with Gasteiger partial charge < -0.3 is 10.2 Å². The predicted octanol–water partition coefficient (Wildman–Crippen LogP) is 4.48. The van der Waals surface area contributed by atoms with Gasteiger partial charge in [0.2, 0.25) is 21.8 Å². The van der Waals surface area contributed by atoms with E-state index in [0.29, 0.717) is 32.2 Å². The van der Waals surface area contributed by atoms with E-state index < -0.39 is 15.9 Å². The normalized spacial score (nSPS) is 11.5. The molecule has 0 saturated carbocycles. The molecule has 2 amide bonds. The Kier molecular flexibility index (Phi) is 21.8. The van der Waals surface area contributed by atoms with E-state index in [1.807, 2.05) is 0 Å². The van der Waals surface area contributed by atoms with Gasteiger partial charge in [-0.3, -0.25) is 14.3 Å². The van der Waals surface area contributed by atoms with E-state index in [-0.39, 0.29) is 24.7 Å². The molecule has 8 nitrogen and oxygen atoms in total. The van der Waals surface area contributed by atoms with E-state index in [1.54, 1.807) is 0 Å². The van der Waals surface area contributed by atoms with Crippen molar-refractivity contribution in [1.82, 2.24) is 10.0 Å². The molecule has 0 radical (unpaired) electrons. The van der Waals surface area contributed by atoms with Crippen LogP contribution in [-0.4, -0.2) is 39.1 Å². The number of carbonyl (C=O) groups excluding carboxylic acids is 2. The first-order chi connectivity index (χ1) is 15.9. The second kappa shape index (κ2) is 22.6. The van der Waals surface area contributed by atoms with Gasteiger partial charge in [0, 0.05) is 19.4 Å². The third kappa shape index (κ3) is 23.8. The summed E-state index contributed by atoms with van der Waals surface area (Å²) >= 11 is 0. The average molecular weight is 492 g/mol. The molecule has 0 aliphatic rings. The molecule has 196 valence electrons. The molecule has 0 heterocycles. The number of hydrogen-bond donors (Lipinski definition) is 3. The summed E-state index contributed by atoms with van der Waals surface area (Å²) in [6, 6.07) is 0. The Morgan fingerprint density at radius 3 is 1.67 bits per heavy atom. The number of unbranched alkanes of at least 4 members (excludes halogenated alkanes) is 14. The molecule has 0 unspecified atom stereocenters. The number of nitrogens with two attached hydrogens (primary N) is 1. The summed E-state index contributed by atoms with van der Waals surface area (Å²) < 4.78 is 26.2. The van der Waals surface area contributed by atoms with Gasteiger partial charge in [-0.05, 0) is 19.3 Å². The number of amides is 2. The molecule has 0 aromatic carbocycles. The largest absolute Gasteiger partial charge is 0.354 e. The van der Waals surface area contributed by atoms with Crippen molar-refractivity contribution in [3.8, 4) is 0 Å². The van der Waals surface area contributed by atoms with Gasteiger partial charge in [0.25, 0.3) is 0 Å². The first-order valence-electron chi connectivity index (χ1n) is 13.0. The summed E-state index contributed by atoms with van der Waals surface area (Å²) in [5.41, 5.74) is 0. The fourth-order valence-electron chi connectivity index (χ4n) is 3.67. The second-order valence-electron chi connectivity index (χ2n) is 8.87. The van der Waals surface area contributed by atoms with Crippen LogP contribution in [0, 0.1) is 0 Å². The molecule has 0 rings (SSSR count). The van der Waals surface area contributed by atoms with Crippen LogP contribution in [0.3, 0.4) is 0 Å². The molecule has 0 aliphatic heterocycles. The smallest absolute Gasteiger partial charge is 0.234 e. The zero-order valence-corrected chi connectivity index (χ0v) is 21.7. The van der Waals surface area contributed by atoms with E-state index in [9.17, 15) is 18.0 Å². The molecule has 0 fully saturated rings. The van der Waals surface area contributed by atoms with Crippen LogP contribution in [0.15, 0.2) is 0 Å². The van der Waals surface area contributed by atoms with Crippen LogP contribution in [0.25, 0.3) is 0 Å². The van der Waals surface area contributed by atoms with Crippen molar-refractivity contribution in [1.29, 1.82) is 0 Å². The highest BCUT2D eigenvalue weighted by Gasteiger charge is 2.14. The Morgan fingerprint density at radius 2 is 1.15 bits per heavy atom. The standard InChI is InChI=1S/C24H49N3O5S/c1-2-3-4-5-6-7-8-9-10-11-12-13-15-19-24(29)27-33(30,31)22-17-14-16-18-23(28)26-20-21-32-25/h2-22,25H2,1H3,(H,26,28)(H,27,29). The molecule has 33 heavy (non-hydrogen) atoms. The lowest BCUT2D eigenvalue weighted by molar-refractivity contribution is -0.121. The summed E-state index contributed by atoms with van der Waals surface area (Å²) in [5, 5.41) is 2.65. The molecule has 0 atom stereocenters. The maximum Gasteiger partial charge on any atom is 0.234 e. The first-order valence-corrected chi connectivity index (χ1v) is 14.7. The summed E-state index contributed by atoms with van der Waals surface area (Å²) in [7, 11) is -3.60. The molecule has 0 spiro atoms. The number of nitrogens with one attached hydrogen (secondary N) is 2. The Labute approximate surface area is 202 Å². The van der Waals surface area contributed by atoms with Crippen molar-refractivity contribution < 1.29 is 22.8 Å². The Balaban J connectivity index is 3.56. The quantitative estimate of drug-likeness (QED) is 0.135. The zero-order valence-electron chi connectivity index (χ0n) is 20.9. The SMILES string of the molecule is CCCCCCCCCCCCCCCC(=O)NS(=O)(=O)CCCCCC(=O)NCCON. The van der Waals surface area contributed by atoms with Gasteiger partial charge in [-0.2, -0.15) is 0 Å². The Hall–Kier alpha value is -1.19. The van der Waals surface area contributed by atoms with Crippen molar-refractivity contribution >= 4 is 21.8 Å². The summed E-state index contributed by atoms with van der Waals surface area (Å²) in [5.74, 6) is 4.25. The minimum Gasteiger partial charge on any atom is -0.354 e. The van der Waals surface area contributed by atoms with Gasteiger partial charge >= 0.3 is 0 Å². The van der Waals surface area contributed by atoms with Gasteiger partial charge in [-0.25, -0.2) is 14.3 Å². The molecule has 0 aromatic heterocycles. The van der Waals surface area contributed by atoms with Gasteiger partial charge in [0.15, 0.2) is 0 Å². The fraction of sp³-hybridized carbons (Fsp3) is 0.917. The lowest BCUT2D eigenvalue weighted by Crippen LogP contribution is -2.32. The van der Waals surface area contributed by atoms with Crippen LogP contribution in [0.5, 0.6) is 0 Å². The fourth-order valence-corrected chi connectivity index (χ4v) is 4.81. The first kappa shape index (κ1) is 31.8. The van der Waals surface area contributed by atoms with Crippen molar-refractivity contribution in [2.75, 3.05) is 18.9 Å². The minimum atomic E-state index is -3.60. The van der Waals surface area contributed by atoms with Crippen LogP contribution < -0.4 is 15.9 Å². The Morgan fingerprint density at radius 1 is 0.697 bits per heavy atom. The zero-order chi connectivity index (χ0) is 24.6. The van der Waals surface area contributed by atoms with Gasteiger partial charge in [0.1, 0.15) is 0 Å². The monoisotopic (exact) mass is 491 g/mol. The van der Waals surface area contributed by atoms with E-state index in [4.69, 9.17) is 5.90 Å². The summed E-state index contributed by atoms with van der Waals surface area (Å²) in [4.78, 5) is 27.8. The van der Waals surface area contributed by atoms with Gasteiger partial charge in [-0.1, -0.05) is 90.4 Å². The second-order valence-corrected chi connectivity index (χ2v) is 10.7. The Bertz CT molecular complexity index is 585. The summed E-state index contributed by atoms with van der Waals surface area (Å²) in [6.45, 7) is 2.85. The molecule has 0 saturated heterocycles. The lowest BCUT2D eigenvalue weighted by Gasteiger charge is -2.07. The number of rotatable bonds is 24. The molecule has 0 aliphatic carbocycles. The molecule has 0 aromatic rings. The lowest BCUT2D eigenvalue weighted by atomic mass is 10.0.